The van der Waals surface area contributed by atoms with Crippen LogP contribution in [0.15, 0.2) is 24.3 Å². The molecule has 1 aromatic rings. The Labute approximate surface area is 127 Å². The highest BCUT2D eigenvalue weighted by molar-refractivity contribution is 5.81. The van der Waals surface area contributed by atoms with E-state index in [0.29, 0.717) is 13.2 Å². The molecule has 1 aliphatic rings. The van der Waals surface area contributed by atoms with Gasteiger partial charge in [-0.05, 0) is 37.3 Å². The number of hydrogen-bond donors (Lipinski definition) is 1. The maximum absolute atomic E-state index is 12.2. The molecule has 0 spiro atoms. The van der Waals surface area contributed by atoms with Crippen molar-refractivity contribution in [3.63, 3.8) is 0 Å². The number of nitrogens with one attached hydrogen (secondary N) is 1. The quantitative estimate of drug-likeness (QED) is 0.875. The van der Waals surface area contributed by atoms with E-state index < -0.39 is 0 Å². The first-order chi connectivity index (χ1) is 10.2. The summed E-state index contributed by atoms with van der Waals surface area (Å²) in [6, 6.07) is 7.79. The first-order valence-corrected chi connectivity index (χ1v) is 7.93. The molecule has 0 unspecified atom stereocenters. The molecule has 1 aliphatic heterocycles. The summed E-state index contributed by atoms with van der Waals surface area (Å²) in [5.74, 6) is 1.78. The molecule has 116 valence electrons. The average Bonchev–Trinajstić information content (AvgIpc) is 2.52. The monoisotopic (exact) mass is 290 g/mol. The molecule has 1 fully saturated rings. The van der Waals surface area contributed by atoms with E-state index in [-0.39, 0.29) is 5.91 Å². The third-order valence-electron chi connectivity index (χ3n) is 3.89. The molecule has 0 aromatic heterocycles. The number of carbonyl (C=O) groups excluding carboxylic acids is 1. The molecule has 0 atom stereocenters. The molecule has 0 radical (unpaired) electrons. The van der Waals surface area contributed by atoms with Crippen molar-refractivity contribution in [3.05, 3.63) is 24.3 Å². The highest BCUT2D eigenvalue weighted by Crippen LogP contribution is 2.18. The smallest absolute Gasteiger partial charge is 0.241 e. The number of benzene rings is 1. The first kappa shape index (κ1) is 15.7. The predicted octanol–water partition coefficient (Wildman–Crippen LogP) is 3.15. The number of ether oxygens (including phenoxy) is 1. The minimum Gasteiger partial charge on any atom is -0.494 e. The van der Waals surface area contributed by atoms with Gasteiger partial charge in [0.2, 0.25) is 5.91 Å². The zero-order valence-corrected chi connectivity index (χ0v) is 13.1. The number of anilines is 1. The van der Waals surface area contributed by atoms with Gasteiger partial charge in [-0.25, -0.2) is 0 Å². The molecule has 4 heteroatoms. The van der Waals surface area contributed by atoms with Crippen molar-refractivity contribution >= 4 is 11.6 Å². The Kier molecular flexibility index (Phi) is 5.90. The summed E-state index contributed by atoms with van der Waals surface area (Å²) in [4.78, 5) is 14.1. The molecule has 1 N–H and O–H groups in total. The van der Waals surface area contributed by atoms with Crippen LogP contribution >= 0.6 is 0 Å². The Bertz CT molecular complexity index is 454. The predicted molar refractivity (Wildman–Crippen MR) is 85.7 cm³/mol. The van der Waals surface area contributed by atoms with E-state index in [1.165, 1.54) is 0 Å². The standard InChI is InChI=1S/C17H26N2O2/c1-3-11-21-16-6-4-5-15(12-16)18-13-17(20)19-9-7-14(2)8-10-19/h4-6,12,14,18H,3,7-11,13H2,1-2H3. The van der Waals surface area contributed by atoms with Gasteiger partial charge < -0.3 is 15.0 Å². The topological polar surface area (TPSA) is 41.6 Å². The third kappa shape index (κ3) is 4.96. The van der Waals surface area contributed by atoms with Gasteiger partial charge in [0, 0.05) is 24.8 Å². The second-order valence-corrected chi connectivity index (χ2v) is 5.79. The summed E-state index contributed by atoms with van der Waals surface area (Å²) in [6.45, 7) is 7.19. The summed E-state index contributed by atoms with van der Waals surface area (Å²) >= 11 is 0. The SMILES string of the molecule is CCCOc1cccc(NCC(=O)N2CCC(C)CC2)c1. The number of hydrogen-bond acceptors (Lipinski definition) is 3. The maximum Gasteiger partial charge on any atom is 0.241 e. The van der Waals surface area contributed by atoms with Crippen molar-refractivity contribution in [2.75, 3.05) is 31.6 Å². The van der Waals surface area contributed by atoms with Crippen molar-refractivity contribution < 1.29 is 9.53 Å². The van der Waals surface area contributed by atoms with Crippen molar-refractivity contribution in [3.8, 4) is 5.75 Å². The average molecular weight is 290 g/mol. The first-order valence-electron chi connectivity index (χ1n) is 7.93. The van der Waals surface area contributed by atoms with Crippen LogP contribution in [-0.2, 0) is 4.79 Å². The van der Waals surface area contributed by atoms with E-state index in [1.54, 1.807) is 0 Å². The molecule has 1 saturated heterocycles. The molecular weight excluding hydrogens is 264 g/mol. The van der Waals surface area contributed by atoms with Crippen molar-refractivity contribution in [2.45, 2.75) is 33.1 Å². The van der Waals surface area contributed by atoms with Gasteiger partial charge >= 0.3 is 0 Å². The van der Waals surface area contributed by atoms with E-state index in [9.17, 15) is 4.79 Å². The van der Waals surface area contributed by atoms with Crippen LogP contribution in [0, 0.1) is 5.92 Å². The van der Waals surface area contributed by atoms with Crippen LogP contribution in [0.5, 0.6) is 5.75 Å². The fourth-order valence-corrected chi connectivity index (χ4v) is 2.46. The molecule has 21 heavy (non-hydrogen) atoms. The zero-order valence-electron chi connectivity index (χ0n) is 13.1. The number of rotatable bonds is 6. The number of likely N-dealkylation sites (tertiary alicyclic amines) is 1. The van der Waals surface area contributed by atoms with Crippen molar-refractivity contribution in [1.29, 1.82) is 0 Å². The van der Waals surface area contributed by atoms with E-state index in [2.05, 4.69) is 19.2 Å². The molecule has 0 aliphatic carbocycles. The van der Waals surface area contributed by atoms with E-state index in [1.807, 2.05) is 29.2 Å². The van der Waals surface area contributed by atoms with Crippen molar-refractivity contribution in [1.82, 2.24) is 4.90 Å². The molecule has 1 aromatic carbocycles. The summed E-state index contributed by atoms with van der Waals surface area (Å²) in [5, 5.41) is 3.20. The second-order valence-electron chi connectivity index (χ2n) is 5.79. The Morgan fingerprint density at radius 1 is 1.38 bits per heavy atom. The minimum atomic E-state index is 0.182. The van der Waals surface area contributed by atoms with Gasteiger partial charge in [0.1, 0.15) is 5.75 Å². The van der Waals surface area contributed by atoms with E-state index >= 15 is 0 Å². The number of amides is 1. The number of carbonyl (C=O) groups is 1. The van der Waals surface area contributed by atoms with Crippen LogP contribution in [0.25, 0.3) is 0 Å². The molecule has 4 nitrogen and oxygen atoms in total. The van der Waals surface area contributed by atoms with Gasteiger partial charge in [-0.3, -0.25) is 4.79 Å². The van der Waals surface area contributed by atoms with Gasteiger partial charge in [0.25, 0.3) is 0 Å². The second kappa shape index (κ2) is 7.91. The molecule has 2 rings (SSSR count). The largest absolute Gasteiger partial charge is 0.494 e. The molecule has 0 bridgehead atoms. The Hall–Kier alpha value is -1.71. The van der Waals surface area contributed by atoms with Crippen LogP contribution in [0.4, 0.5) is 5.69 Å². The van der Waals surface area contributed by atoms with Crippen LogP contribution in [0.3, 0.4) is 0 Å². The van der Waals surface area contributed by atoms with Crippen LogP contribution in [0.2, 0.25) is 0 Å². The highest BCUT2D eigenvalue weighted by Gasteiger charge is 2.19. The maximum atomic E-state index is 12.2. The third-order valence-corrected chi connectivity index (χ3v) is 3.89. The highest BCUT2D eigenvalue weighted by atomic mass is 16.5. The van der Waals surface area contributed by atoms with Gasteiger partial charge in [0.05, 0.1) is 13.2 Å². The minimum absolute atomic E-state index is 0.182. The lowest BCUT2D eigenvalue weighted by molar-refractivity contribution is -0.130. The van der Waals surface area contributed by atoms with Crippen LogP contribution in [0.1, 0.15) is 33.1 Å². The lowest BCUT2D eigenvalue weighted by atomic mass is 9.99. The lowest BCUT2D eigenvalue weighted by Crippen LogP contribution is -2.40. The summed E-state index contributed by atoms with van der Waals surface area (Å²) < 4.78 is 5.60. The van der Waals surface area contributed by atoms with Gasteiger partial charge in [-0.15, -0.1) is 0 Å². The number of piperidine rings is 1. The Balaban J connectivity index is 1.80. The summed E-state index contributed by atoms with van der Waals surface area (Å²) in [6.07, 6.45) is 3.22. The van der Waals surface area contributed by atoms with Crippen LogP contribution < -0.4 is 10.1 Å². The van der Waals surface area contributed by atoms with Gasteiger partial charge in [0.15, 0.2) is 0 Å². The molecule has 1 amide bonds. The van der Waals surface area contributed by atoms with Crippen LogP contribution in [-0.4, -0.2) is 37.0 Å². The summed E-state index contributed by atoms with van der Waals surface area (Å²) in [5.41, 5.74) is 0.933. The molecule has 0 saturated carbocycles. The van der Waals surface area contributed by atoms with E-state index in [0.717, 1.165) is 49.7 Å². The van der Waals surface area contributed by atoms with Gasteiger partial charge in [-0.2, -0.15) is 0 Å². The molecular formula is C17H26N2O2. The summed E-state index contributed by atoms with van der Waals surface area (Å²) in [7, 11) is 0. The Morgan fingerprint density at radius 2 is 2.14 bits per heavy atom. The van der Waals surface area contributed by atoms with Gasteiger partial charge in [-0.1, -0.05) is 19.9 Å². The Morgan fingerprint density at radius 3 is 2.86 bits per heavy atom. The van der Waals surface area contributed by atoms with Crippen molar-refractivity contribution in [2.24, 2.45) is 5.92 Å². The van der Waals surface area contributed by atoms with E-state index in [4.69, 9.17) is 4.74 Å². The fourth-order valence-electron chi connectivity index (χ4n) is 2.46. The molecule has 1 heterocycles. The lowest BCUT2D eigenvalue weighted by Gasteiger charge is -2.30. The normalized spacial score (nSPS) is 15.8. The number of nitrogens with zero attached hydrogens (tertiary/aromatic N) is 1. The zero-order chi connectivity index (χ0) is 15.1. The fraction of sp³-hybridized carbons (Fsp3) is 0.588.